The molecule has 0 amide bonds. The fourth-order valence-corrected chi connectivity index (χ4v) is 3.41. The molecule has 100 valence electrons. The maximum atomic E-state index is 8.92. The van der Waals surface area contributed by atoms with Gasteiger partial charge in [0.15, 0.2) is 10.2 Å². The smallest absolute Gasteiger partial charge is 0.170 e. The zero-order chi connectivity index (χ0) is 13.9. The van der Waals surface area contributed by atoms with Gasteiger partial charge >= 0.3 is 0 Å². The van der Waals surface area contributed by atoms with Gasteiger partial charge in [-0.1, -0.05) is 23.4 Å². The standard InChI is InChI=1S/C13H10N4OS2/c14-12(17-18)9-7-11(20-13-15-5-6-19-13)16-10-4-2-1-3-8(9)10/h1-7,18H,(H2,14,17). The number of hydrogen-bond donors (Lipinski definition) is 2. The van der Waals surface area contributed by atoms with Crippen molar-refractivity contribution in [2.75, 3.05) is 0 Å². The molecular weight excluding hydrogens is 292 g/mol. The van der Waals surface area contributed by atoms with Gasteiger partial charge in [-0.25, -0.2) is 9.97 Å². The number of aromatic nitrogens is 2. The summed E-state index contributed by atoms with van der Waals surface area (Å²) in [5, 5.41) is 15.5. The van der Waals surface area contributed by atoms with E-state index >= 15 is 0 Å². The zero-order valence-electron chi connectivity index (χ0n) is 10.2. The average Bonchev–Trinajstić information content (AvgIpc) is 2.98. The summed E-state index contributed by atoms with van der Waals surface area (Å²) in [6.07, 6.45) is 1.75. The third-order valence-electron chi connectivity index (χ3n) is 2.68. The van der Waals surface area contributed by atoms with Gasteiger partial charge < -0.3 is 10.9 Å². The van der Waals surface area contributed by atoms with E-state index in [4.69, 9.17) is 10.9 Å². The molecule has 0 spiro atoms. The van der Waals surface area contributed by atoms with Crippen LogP contribution in [0.3, 0.4) is 0 Å². The molecule has 3 N–H and O–H groups in total. The van der Waals surface area contributed by atoms with E-state index in [1.807, 2.05) is 35.7 Å². The summed E-state index contributed by atoms with van der Waals surface area (Å²) in [5.74, 6) is 0.0737. The molecule has 0 atom stereocenters. The highest BCUT2D eigenvalue weighted by atomic mass is 32.2. The first-order chi connectivity index (χ1) is 9.78. The number of amidine groups is 1. The zero-order valence-corrected chi connectivity index (χ0v) is 11.9. The van der Waals surface area contributed by atoms with Crippen LogP contribution in [0.5, 0.6) is 0 Å². The maximum Gasteiger partial charge on any atom is 0.170 e. The molecule has 2 aromatic heterocycles. The first-order valence-corrected chi connectivity index (χ1v) is 7.42. The van der Waals surface area contributed by atoms with Crippen LogP contribution in [0, 0.1) is 0 Å². The summed E-state index contributed by atoms with van der Waals surface area (Å²) in [5.41, 5.74) is 7.22. The first-order valence-electron chi connectivity index (χ1n) is 5.73. The molecule has 3 aromatic rings. The van der Waals surface area contributed by atoms with Crippen LogP contribution in [0.1, 0.15) is 5.56 Å². The van der Waals surface area contributed by atoms with Crippen LogP contribution in [0.25, 0.3) is 10.9 Å². The van der Waals surface area contributed by atoms with Crippen LogP contribution in [0.2, 0.25) is 0 Å². The lowest BCUT2D eigenvalue weighted by molar-refractivity contribution is 0.318. The lowest BCUT2D eigenvalue weighted by Gasteiger charge is -2.07. The van der Waals surface area contributed by atoms with Crippen LogP contribution in [0.15, 0.2) is 56.4 Å². The van der Waals surface area contributed by atoms with Crippen molar-refractivity contribution in [2.45, 2.75) is 9.37 Å². The number of nitrogens with zero attached hydrogens (tertiary/aromatic N) is 3. The van der Waals surface area contributed by atoms with Crippen LogP contribution < -0.4 is 5.73 Å². The second-order valence-corrected chi connectivity index (χ2v) is 6.07. The number of pyridine rings is 1. The number of oxime groups is 1. The second kappa shape index (κ2) is 5.48. The average molecular weight is 302 g/mol. The molecule has 0 aliphatic carbocycles. The molecule has 0 unspecified atom stereocenters. The van der Waals surface area contributed by atoms with Crippen molar-refractivity contribution in [1.82, 2.24) is 9.97 Å². The van der Waals surface area contributed by atoms with Gasteiger partial charge in [0, 0.05) is 22.5 Å². The number of hydrogen-bond acceptors (Lipinski definition) is 6. The highest BCUT2D eigenvalue weighted by molar-refractivity contribution is 8.01. The fourth-order valence-electron chi connectivity index (χ4n) is 1.82. The van der Waals surface area contributed by atoms with Crippen LogP contribution in [-0.2, 0) is 0 Å². The number of nitrogens with two attached hydrogens (primary N) is 1. The lowest BCUT2D eigenvalue weighted by atomic mass is 10.1. The highest BCUT2D eigenvalue weighted by Crippen LogP contribution is 2.30. The predicted molar refractivity (Wildman–Crippen MR) is 80.5 cm³/mol. The molecule has 3 rings (SSSR count). The van der Waals surface area contributed by atoms with Gasteiger partial charge in [0.2, 0.25) is 0 Å². The van der Waals surface area contributed by atoms with Gasteiger partial charge in [-0.3, -0.25) is 0 Å². The molecule has 0 saturated heterocycles. The summed E-state index contributed by atoms with van der Waals surface area (Å²) < 4.78 is 0.901. The van der Waals surface area contributed by atoms with E-state index in [0.29, 0.717) is 5.56 Å². The monoisotopic (exact) mass is 302 g/mol. The largest absolute Gasteiger partial charge is 0.409 e. The summed E-state index contributed by atoms with van der Waals surface area (Å²) in [4.78, 5) is 8.78. The van der Waals surface area contributed by atoms with Gasteiger partial charge in [-0.2, -0.15) is 0 Å². The minimum atomic E-state index is 0.0737. The van der Waals surface area contributed by atoms with E-state index in [1.54, 1.807) is 17.5 Å². The van der Waals surface area contributed by atoms with Crippen molar-refractivity contribution < 1.29 is 5.21 Å². The Kier molecular flexibility index (Phi) is 3.53. The van der Waals surface area contributed by atoms with Crippen molar-refractivity contribution in [1.29, 1.82) is 0 Å². The molecule has 2 heterocycles. The van der Waals surface area contributed by atoms with Gasteiger partial charge in [-0.15, -0.1) is 11.3 Å². The SMILES string of the molecule is NC(=NO)c1cc(Sc2nccs2)nc2ccccc12. The molecule has 0 fully saturated rings. The Labute approximate surface area is 123 Å². The topological polar surface area (TPSA) is 84.4 Å². The van der Waals surface area contributed by atoms with E-state index in [2.05, 4.69) is 15.1 Å². The number of benzene rings is 1. The van der Waals surface area contributed by atoms with Crippen molar-refractivity contribution in [3.05, 3.63) is 47.5 Å². The van der Waals surface area contributed by atoms with E-state index in [0.717, 1.165) is 20.3 Å². The number of thiazole rings is 1. The van der Waals surface area contributed by atoms with Gasteiger partial charge in [0.05, 0.1) is 5.52 Å². The number of fused-ring (bicyclic) bond motifs is 1. The highest BCUT2D eigenvalue weighted by Gasteiger charge is 2.11. The van der Waals surface area contributed by atoms with Crippen molar-refractivity contribution >= 4 is 39.8 Å². The third-order valence-corrected chi connectivity index (χ3v) is 4.48. The number of rotatable bonds is 3. The summed E-state index contributed by atoms with van der Waals surface area (Å²) >= 11 is 3.00. The summed E-state index contributed by atoms with van der Waals surface area (Å²) in [6, 6.07) is 9.40. The van der Waals surface area contributed by atoms with Gasteiger partial charge in [0.1, 0.15) is 5.03 Å². The number of para-hydroxylation sites is 1. The van der Waals surface area contributed by atoms with Crippen LogP contribution >= 0.6 is 23.1 Å². The molecule has 1 aromatic carbocycles. The molecular formula is C13H10N4OS2. The summed E-state index contributed by atoms with van der Waals surface area (Å²) in [6.45, 7) is 0. The van der Waals surface area contributed by atoms with E-state index in [1.165, 1.54) is 11.8 Å². The molecule has 0 bridgehead atoms. The minimum absolute atomic E-state index is 0.0737. The van der Waals surface area contributed by atoms with Crippen LogP contribution in [-0.4, -0.2) is 21.0 Å². The van der Waals surface area contributed by atoms with Gasteiger partial charge in [0.25, 0.3) is 0 Å². The Morgan fingerprint density at radius 3 is 2.95 bits per heavy atom. The Morgan fingerprint density at radius 2 is 2.20 bits per heavy atom. The van der Waals surface area contributed by atoms with E-state index < -0.39 is 0 Å². The van der Waals surface area contributed by atoms with Crippen molar-refractivity contribution in [3.63, 3.8) is 0 Å². The molecule has 5 nitrogen and oxygen atoms in total. The quantitative estimate of drug-likeness (QED) is 0.336. The Balaban J connectivity index is 2.14. The van der Waals surface area contributed by atoms with Crippen molar-refractivity contribution in [2.24, 2.45) is 10.9 Å². The molecule has 20 heavy (non-hydrogen) atoms. The molecule has 7 heteroatoms. The molecule has 0 aliphatic heterocycles. The molecule has 0 aliphatic rings. The fraction of sp³-hybridized carbons (Fsp3) is 0. The Morgan fingerprint density at radius 1 is 1.35 bits per heavy atom. The minimum Gasteiger partial charge on any atom is -0.409 e. The Bertz CT molecular complexity index is 771. The molecule has 0 saturated carbocycles. The Hall–Kier alpha value is -2.12. The maximum absolute atomic E-state index is 8.92. The summed E-state index contributed by atoms with van der Waals surface area (Å²) in [7, 11) is 0. The van der Waals surface area contributed by atoms with E-state index in [-0.39, 0.29) is 5.84 Å². The predicted octanol–water partition coefficient (Wildman–Crippen LogP) is 2.94. The lowest BCUT2D eigenvalue weighted by Crippen LogP contribution is -2.14. The van der Waals surface area contributed by atoms with Crippen LogP contribution in [0.4, 0.5) is 0 Å². The third kappa shape index (κ3) is 2.45. The van der Waals surface area contributed by atoms with Gasteiger partial charge in [-0.05, 0) is 23.9 Å². The van der Waals surface area contributed by atoms with Crippen molar-refractivity contribution in [3.8, 4) is 0 Å². The second-order valence-electron chi connectivity index (χ2n) is 3.91. The first kappa shape index (κ1) is 12.9. The molecule has 0 radical (unpaired) electrons. The van der Waals surface area contributed by atoms with E-state index in [9.17, 15) is 0 Å². The normalized spacial score (nSPS) is 11.9.